The second-order valence-electron chi connectivity index (χ2n) is 5.49. The first-order chi connectivity index (χ1) is 11.8. The van der Waals surface area contributed by atoms with Crippen LogP contribution in [0.5, 0.6) is 0 Å². The van der Waals surface area contributed by atoms with Gasteiger partial charge in [-0.05, 0) is 35.2 Å². The largest absolute Gasteiger partial charge is 0.361 e. The summed E-state index contributed by atoms with van der Waals surface area (Å²) < 4.78 is 0. The van der Waals surface area contributed by atoms with Crippen LogP contribution in [0.25, 0.3) is 27.9 Å². The standard InChI is InChI=1S/C20H15N3O/c24-19(9-8-14-4-3-5-15-10-12-22-20(14)15)23-18-11-13-21-17-7-2-1-6-16(17)18/h1-13,22H,(H,21,23,24). The third-order valence-corrected chi connectivity index (χ3v) is 3.94. The number of benzene rings is 2. The van der Waals surface area contributed by atoms with Crippen molar-refractivity contribution in [2.24, 2.45) is 0 Å². The Morgan fingerprint density at radius 2 is 1.96 bits per heavy atom. The summed E-state index contributed by atoms with van der Waals surface area (Å²) in [5, 5.41) is 4.97. The number of carbonyl (C=O) groups excluding carboxylic acids is 1. The molecule has 0 aliphatic carbocycles. The van der Waals surface area contributed by atoms with E-state index in [1.165, 1.54) is 0 Å². The summed E-state index contributed by atoms with van der Waals surface area (Å²) in [5.74, 6) is -0.171. The van der Waals surface area contributed by atoms with E-state index in [2.05, 4.69) is 15.3 Å². The van der Waals surface area contributed by atoms with Crippen molar-refractivity contribution < 1.29 is 4.79 Å². The Kier molecular flexibility index (Phi) is 3.56. The van der Waals surface area contributed by atoms with Crippen molar-refractivity contribution in [3.05, 3.63) is 78.6 Å². The smallest absolute Gasteiger partial charge is 0.248 e. The fourth-order valence-corrected chi connectivity index (χ4v) is 2.79. The van der Waals surface area contributed by atoms with Crippen LogP contribution >= 0.6 is 0 Å². The van der Waals surface area contributed by atoms with Crippen LogP contribution in [0.4, 0.5) is 5.69 Å². The number of amides is 1. The van der Waals surface area contributed by atoms with Crippen LogP contribution < -0.4 is 5.32 Å². The second-order valence-corrected chi connectivity index (χ2v) is 5.49. The maximum atomic E-state index is 12.3. The number of rotatable bonds is 3. The van der Waals surface area contributed by atoms with Crippen molar-refractivity contribution in [2.45, 2.75) is 0 Å². The normalized spacial score (nSPS) is 11.3. The van der Waals surface area contributed by atoms with Gasteiger partial charge in [-0.25, -0.2) is 0 Å². The molecule has 2 N–H and O–H groups in total. The number of nitrogens with one attached hydrogen (secondary N) is 2. The van der Waals surface area contributed by atoms with Gasteiger partial charge in [0.25, 0.3) is 0 Å². The van der Waals surface area contributed by atoms with E-state index in [0.29, 0.717) is 0 Å². The molecule has 0 aliphatic heterocycles. The first kappa shape index (κ1) is 14.2. The van der Waals surface area contributed by atoms with Crippen molar-refractivity contribution in [1.29, 1.82) is 0 Å². The molecule has 4 nitrogen and oxygen atoms in total. The Morgan fingerprint density at radius 3 is 2.92 bits per heavy atom. The number of aromatic amines is 1. The summed E-state index contributed by atoms with van der Waals surface area (Å²) in [7, 11) is 0. The summed E-state index contributed by atoms with van der Waals surface area (Å²) in [6.07, 6.45) is 6.95. The lowest BCUT2D eigenvalue weighted by Gasteiger charge is -2.06. The topological polar surface area (TPSA) is 57.8 Å². The lowest BCUT2D eigenvalue weighted by Crippen LogP contribution is -2.08. The number of para-hydroxylation sites is 2. The highest BCUT2D eigenvalue weighted by Crippen LogP contribution is 2.21. The van der Waals surface area contributed by atoms with Crippen molar-refractivity contribution in [3.63, 3.8) is 0 Å². The van der Waals surface area contributed by atoms with E-state index in [1.807, 2.05) is 60.8 Å². The van der Waals surface area contributed by atoms with E-state index in [1.54, 1.807) is 18.3 Å². The number of fused-ring (bicyclic) bond motifs is 2. The molecule has 4 rings (SSSR count). The highest BCUT2D eigenvalue weighted by molar-refractivity contribution is 6.07. The number of carbonyl (C=O) groups is 1. The monoisotopic (exact) mass is 313 g/mol. The van der Waals surface area contributed by atoms with Gasteiger partial charge in [0, 0.05) is 23.9 Å². The van der Waals surface area contributed by atoms with Crippen molar-refractivity contribution in [2.75, 3.05) is 5.32 Å². The Balaban J connectivity index is 1.59. The van der Waals surface area contributed by atoms with E-state index >= 15 is 0 Å². The van der Waals surface area contributed by atoms with Gasteiger partial charge in [-0.1, -0.05) is 36.4 Å². The predicted molar refractivity (Wildman–Crippen MR) is 97.7 cm³/mol. The summed E-state index contributed by atoms with van der Waals surface area (Å²) in [5.41, 5.74) is 3.62. The summed E-state index contributed by atoms with van der Waals surface area (Å²) in [4.78, 5) is 19.8. The van der Waals surface area contributed by atoms with Crippen LogP contribution in [0.3, 0.4) is 0 Å². The molecule has 0 fully saturated rings. The number of anilines is 1. The van der Waals surface area contributed by atoms with E-state index in [9.17, 15) is 4.79 Å². The van der Waals surface area contributed by atoms with Crippen LogP contribution in [0, 0.1) is 0 Å². The molecule has 4 heteroatoms. The second kappa shape index (κ2) is 6.01. The quantitative estimate of drug-likeness (QED) is 0.552. The molecule has 0 atom stereocenters. The Hall–Kier alpha value is -3.40. The average Bonchev–Trinajstić information content (AvgIpc) is 3.09. The zero-order valence-corrected chi connectivity index (χ0v) is 12.9. The van der Waals surface area contributed by atoms with Crippen LogP contribution in [0.2, 0.25) is 0 Å². The molecule has 2 heterocycles. The van der Waals surface area contributed by atoms with Gasteiger partial charge in [-0.3, -0.25) is 9.78 Å². The first-order valence-corrected chi connectivity index (χ1v) is 7.70. The minimum absolute atomic E-state index is 0.171. The maximum Gasteiger partial charge on any atom is 0.248 e. The first-order valence-electron chi connectivity index (χ1n) is 7.70. The molecule has 0 unspecified atom stereocenters. The molecule has 0 bridgehead atoms. The molecule has 2 aromatic carbocycles. The molecule has 2 aromatic heterocycles. The minimum Gasteiger partial charge on any atom is -0.361 e. The van der Waals surface area contributed by atoms with Gasteiger partial charge in [0.2, 0.25) is 5.91 Å². The van der Waals surface area contributed by atoms with Gasteiger partial charge in [-0.15, -0.1) is 0 Å². The predicted octanol–water partition coefficient (Wildman–Crippen LogP) is 4.37. The van der Waals surface area contributed by atoms with Crippen molar-refractivity contribution >= 4 is 39.5 Å². The molecule has 0 saturated carbocycles. The fourth-order valence-electron chi connectivity index (χ4n) is 2.79. The molecule has 0 radical (unpaired) electrons. The zero-order chi connectivity index (χ0) is 16.4. The molecule has 4 aromatic rings. The average molecular weight is 313 g/mol. The van der Waals surface area contributed by atoms with E-state index in [4.69, 9.17) is 0 Å². The van der Waals surface area contributed by atoms with Gasteiger partial charge >= 0.3 is 0 Å². The number of hydrogen-bond acceptors (Lipinski definition) is 2. The van der Waals surface area contributed by atoms with Crippen molar-refractivity contribution in [1.82, 2.24) is 9.97 Å². The summed E-state index contributed by atoms with van der Waals surface area (Å²) in [6.45, 7) is 0. The molecule has 1 amide bonds. The molecule has 116 valence electrons. The minimum atomic E-state index is -0.171. The molecule has 0 saturated heterocycles. The maximum absolute atomic E-state index is 12.3. The third kappa shape index (κ3) is 2.65. The van der Waals surface area contributed by atoms with Crippen molar-refractivity contribution in [3.8, 4) is 0 Å². The molecular weight excluding hydrogens is 298 g/mol. The molecular formula is C20H15N3O. The summed E-state index contributed by atoms with van der Waals surface area (Å²) in [6, 6.07) is 17.5. The summed E-state index contributed by atoms with van der Waals surface area (Å²) >= 11 is 0. The number of pyridine rings is 1. The third-order valence-electron chi connectivity index (χ3n) is 3.94. The van der Waals surface area contributed by atoms with E-state index in [-0.39, 0.29) is 5.91 Å². The molecule has 0 aliphatic rings. The molecule has 0 spiro atoms. The SMILES string of the molecule is O=C(C=Cc1cccc2cc[nH]c12)Nc1ccnc2ccccc12. The van der Waals surface area contributed by atoms with Crippen LogP contribution in [-0.2, 0) is 4.79 Å². The van der Waals surface area contributed by atoms with Gasteiger partial charge in [0.15, 0.2) is 0 Å². The number of H-pyrrole nitrogens is 1. The highest BCUT2D eigenvalue weighted by atomic mass is 16.1. The Labute approximate surface area is 138 Å². The van der Waals surface area contributed by atoms with Gasteiger partial charge in [0.1, 0.15) is 0 Å². The Morgan fingerprint density at radius 1 is 1.04 bits per heavy atom. The van der Waals surface area contributed by atoms with Gasteiger partial charge < -0.3 is 10.3 Å². The Bertz CT molecular complexity index is 1060. The number of hydrogen-bond donors (Lipinski definition) is 2. The lowest BCUT2D eigenvalue weighted by molar-refractivity contribution is -0.111. The van der Waals surface area contributed by atoms with Crippen LogP contribution in [-0.4, -0.2) is 15.9 Å². The lowest BCUT2D eigenvalue weighted by atomic mass is 10.1. The number of aromatic nitrogens is 2. The van der Waals surface area contributed by atoms with Crippen LogP contribution in [0.15, 0.2) is 73.1 Å². The van der Waals surface area contributed by atoms with E-state index < -0.39 is 0 Å². The highest BCUT2D eigenvalue weighted by Gasteiger charge is 2.04. The van der Waals surface area contributed by atoms with Crippen LogP contribution in [0.1, 0.15) is 5.56 Å². The van der Waals surface area contributed by atoms with Gasteiger partial charge in [-0.2, -0.15) is 0 Å². The van der Waals surface area contributed by atoms with E-state index in [0.717, 1.165) is 33.1 Å². The van der Waals surface area contributed by atoms with Gasteiger partial charge in [0.05, 0.1) is 16.7 Å². The molecule has 24 heavy (non-hydrogen) atoms. The zero-order valence-electron chi connectivity index (χ0n) is 12.9. The number of nitrogens with zero attached hydrogens (tertiary/aromatic N) is 1. The fraction of sp³-hybridized carbons (Fsp3) is 0.